The van der Waals surface area contributed by atoms with Crippen LogP contribution in [0, 0.1) is 0 Å². The van der Waals surface area contributed by atoms with Gasteiger partial charge in [0.05, 0.1) is 16.2 Å². The minimum absolute atomic E-state index is 0.133. The van der Waals surface area contributed by atoms with E-state index in [0.717, 1.165) is 0 Å². The second-order valence-corrected chi connectivity index (χ2v) is 7.12. The fraction of sp³-hybridized carbons (Fsp3) is 0.0714. The molecule has 2 aromatic rings. The van der Waals surface area contributed by atoms with Crippen molar-refractivity contribution in [3.63, 3.8) is 0 Å². The van der Waals surface area contributed by atoms with E-state index in [1.807, 2.05) is 0 Å². The summed E-state index contributed by atoms with van der Waals surface area (Å²) >= 11 is 3.24. The Bertz CT molecular complexity index is 736. The predicted molar refractivity (Wildman–Crippen MR) is 78.4 cm³/mol. The zero-order valence-corrected chi connectivity index (χ0v) is 12.7. The molecule has 0 heterocycles. The topological polar surface area (TPSA) is 71.4 Å². The highest BCUT2D eigenvalue weighted by atomic mass is 79.9. The summed E-state index contributed by atoms with van der Waals surface area (Å²) in [7, 11) is -3.45. The van der Waals surface area contributed by atoms with E-state index < -0.39 is 15.8 Å². The van der Waals surface area contributed by atoms with Gasteiger partial charge < -0.3 is 5.11 Å². The van der Waals surface area contributed by atoms with Crippen molar-refractivity contribution in [1.82, 2.24) is 0 Å². The van der Waals surface area contributed by atoms with Gasteiger partial charge in [0, 0.05) is 4.47 Å². The first-order valence-corrected chi connectivity index (χ1v) is 8.13. The summed E-state index contributed by atoms with van der Waals surface area (Å²) in [5, 5.41) is 8.79. The molecular formula is C14H11BrO4S. The van der Waals surface area contributed by atoms with Crippen LogP contribution < -0.4 is 0 Å². The fourth-order valence-electron chi connectivity index (χ4n) is 1.71. The lowest BCUT2D eigenvalue weighted by molar-refractivity contribution is 0.0697. The van der Waals surface area contributed by atoms with Crippen LogP contribution in [0.25, 0.3) is 0 Å². The molecule has 2 aromatic carbocycles. The molecule has 0 spiro atoms. The van der Waals surface area contributed by atoms with Crippen LogP contribution >= 0.6 is 15.9 Å². The van der Waals surface area contributed by atoms with Gasteiger partial charge in [-0.05, 0) is 35.9 Å². The van der Waals surface area contributed by atoms with E-state index in [2.05, 4.69) is 15.9 Å². The number of hydrogen-bond acceptors (Lipinski definition) is 3. The first-order chi connectivity index (χ1) is 9.38. The molecule has 4 nitrogen and oxygen atoms in total. The van der Waals surface area contributed by atoms with Gasteiger partial charge in [-0.2, -0.15) is 0 Å². The standard InChI is InChI=1S/C14H11BrO4S/c15-12-2-1-3-13(8-12)20(18,19)9-10-4-6-11(7-5-10)14(16)17/h1-8H,9H2,(H,16,17). The average molecular weight is 355 g/mol. The maximum atomic E-state index is 12.2. The molecule has 104 valence electrons. The Hall–Kier alpha value is -1.66. The molecule has 0 radical (unpaired) electrons. The first-order valence-electron chi connectivity index (χ1n) is 5.69. The molecule has 0 amide bonds. The number of carbonyl (C=O) groups is 1. The van der Waals surface area contributed by atoms with Gasteiger partial charge >= 0.3 is 5.97 Å². The van der Waals surface area contributed by atoms with E-state index in [4.69, 9.17) is 5.11 Å². The predicted octanol–water partition coefficient (Wildman–Crippen LogP) is 3.12. The summed E-state index contributed by atoms with van der Waals surface area (Å²) in [6.45, 7) is 0. The number of hydrogen-bond donors (Lipinski definition) is 1. The van der Waals surface area contributed by atoms with Crippen molar-refractivity contribution >= 4 is 31.7 Å². The molecule has 0 unspecified atom stereocenters. The largest absolute Gasteiger partial charge is 0.478 e. The summed E-state index contributed by atoms with van der Waals surface area (Å²) < 4.78 is 25.2. The van der Waals surface area contributed by atoms with Gasteiger partial charge in [-0.1, -0.05) is 34.1 Å². The monoisotopic (exact) mass is 354 g/mol. The van der Waals surface area contributed by atoms with E-state index in [1.165, 1.54) is 30.3 Å². The smallest absolute Gasteiger partial charge is 0.335 e. The van der Waals surface area contributed by atoms with Crippen molar-refractivity contribution in [3.8, 4) is 0 Å². The Morgan fingerprint density at radius 1 is 1.10 bits per heavy atom. The van der Waals surface area contributed by atoms with Crippen molar-refractivity contribution in [1.29, 1.82) is 0 Å². The number of aromatic carboxylic acids is 1. The molecule has 0 bridgehead atoms. The molecule has 2 rings (SSSR count). The van der Waals surface area contributed by atoms with E-state index in [-0.39, 0.29) is 16.2 Å². The van der Waals surface area contributed by atoms with Crippen LogP contribution in [0.1, 0.15) is 15.9 Å². The number of sulfone groups is 1. The van der Waals surface area contributed by atoms with Gasteiger partial charge in [-0.3, -0.25) is 0 Å². The summed E-state index contributed by atoms with van der Waals surface area (Å²) in [6, 6.07) is 12.3. The van der Waals surface area contributed by atoms with Crippen LogP contribution in [0.5, 0.6) is 0 Å². The van der Waals surface area contributed by atoms with Crippen LogP contribution in [0.15, 0.2) is 57.9 Å². The van der Waals surface area contributed by atoms with E-state index in [0.29, 0.717) is 10.0 Å². The number of rotatable bonds is 4. The van der Waals surface area contributed by atoms with Gasteiger partial charge in [-0.25, -0.2) is 13.2 Å². The van der Waals surface area contributed by atoms with Gasteiger partial charge in [0.15, 0.2) is 9.84 Å². The molecule has 0 aromatic heterocycles. The highest BCUT2D eigenvalue weighted by Gasteiger charge is 2.15. The normalized spacial score (nSPS) is 11.2. The Kier molecular flexibility index (Phi) is 4.25. The lowest BCUT2D eigenvalue weighted by Gasteiger charge is -2.05. The summed E-state index contributed by atoms with van der Waals surface area (Å²) in [5.74, 6) is -1.20. The molecule has 20 heavy (non-hydrogen) atoms. The minimum atomic E-state index is -3.45. The second-order valence-electron chi connectivity index (χ2n) is 4.22. The second kappa shape index (κ2) is 5.76. The van der Waals surface area contributed by atoms with Crippen LogP contribution in [0.4, 0.5) is 0 Å². The lowest BCUT2D eigenvalue weighted by Crippen LogP contribution is -2.05. The molecule has 1 N–H and O–H groups in total. The van der Waals surface area contributed by atoms with Crippen molar-refractivity contribution < 1.29 is 18.3 Å². The minimum Gasteiger partial charge on any atom is -0.478 e. The van der Waals surface area contributed by atoms with E-state index >= 15 is 0 Å². The highest BCUT2D eigenvalue weighted by Crippen LogP contribution is 2.20. The van der Waals surface area contributed by atoms with Gasteiger partial charge in [0.1, 0.15) is 0 Å². The summed E-state index contributed by atoms with van der Waals surface area (Å²) in [5.41, 5.74) is 0.684. The molecule has 0 aliphatic carbocycles. The fourth-order valence-corrected chi connectivity index (χ4v) is 3.65. The van der Waals surface area contributed by atoms with Gasteiger partial charge in [-0.15, -0.1) is 0 Å². The highest BCUT2D eigenvalue weighted by molar-refractivity contribution is 9.10. The molecule has 0 saturated carbocycles. The van der Waals surface area contributed by atoms with E-state index in [9.17, 15) is 13.2 Å². The third-order valence-electron chi connectivity index (χ3n) is 2.71. The van der Waals surface area contributed by atoms with Gasteiger partial charge in [0.25, 0.3) is 0 Å². The molecule has 0 aliphatic heterocycles. The van der Waals surface area contributed by atoms with Crippen molar-refractivity contribution in [2.45, 2.75) is 10.6 Å². The van der Waals surface area contributed by atoms with Crippen molar-refractivity contribution in [2.24, 2.45) is 0 Å². The SMILES string of the molecule is O=C(O)c1ccc(CS(=O)(=O)c2cccc(Br)c2)cc1. The third kappa shape index (κ3) is 3.46. The Balaban J connectivity index is 2.26. The molecule has 0 fully saturated rings. The number of benzene rings is 2. The van der Waals surface area contributed by atoms with Crippen LogP contribution in [0.2, 0.25) is 0 Å². The quantitative estimate of drug-likeness (QED) is 0.915. The average Bonchev–Trinajstić information content (AvgIpc) is 2.39. The molecule has 0 aliphatic rings. The zero-order valence-electron chi connectivity index (χ0n) is 10.3. The maximum Gasteiger partial charge on any atom is 0.335 e. The Morgan fingerprint density at radius 2 is 1.75 bits per heavy atom. The van der Waals surface area contributed by atoms with Gasteiger partial charge in [0.2, 0.25) is 0 Å². The first kappa shape index (κ1) is 14.7. The van der Waals surface area contributed by atoms with Crippen molar-refractivity contribution in [2.75, 3.05) is 0 Å². The van der Waals surface area contributed by atoms with Crippen LogP contribution in [-0.4, -0.2) is 19.5 Å². The molecule has 6 heteroatoms. The Morgan fingerprint density at radius 3 is 2.30 bits per heavy atom. The molecule has 0 atom stereocenters. The Labute approximate surface area is 125 Å². The molecular weight excluding hydrogens is 344 g/mol. The number of carboxylic acids is 1. The van der Waals surface area contributed by atoms with Crippen LogP contribution in [-0.2, 0) is 15.6 Å². The third-order valence-corrected chi connectivity index (χ3v) is 4.89. The van der Waals surface area contributed by atoms with Crippen molar-refractivity contribution in [3.05, 3.63) is 64.1 Å². The maximum absolute atomic E-state index is 12.2. The number of halogens is 1. The van der Waals surface area contributed by atoms with Crippen LogP contribution in [0.3, 0.4) is 0 Å². The summed E-state index contributed by atoms with van der Waals surface area (Å²) in [4.78, 5) is 11.0. The zero-order chi connectivity index (χ0) is 14.8. The lowest BCUT2D eigenvalue weighted by atomic mass is 10.1. The number of carboxylic acid groups (broad SMARTS) is 1. The van der Waals surface area contributed by atoms with E-state index in [1.54, 1.807) is 18.2 Å². The summed E-state index contributed by atoms with van der Waals surface area (Å²) in [6.07, 6.45) is 0. The molecule has 0 saturated heterocycles.